The van der Waals surface area contributed by atoms with Gasteiger partial charge in [0.05, 0.1) is 25.0 Å². The van der Waals surface area contributed by atoms with E-state index in [1.165, 1.54) is 0 Å². The Bertz CT molecular complexity index is 225. The molecule has 19 heavy (non-hydrogen) atoms. The molecule has 0 saturated carbocycles. The molecule has 0 aromatic carbocycles. The van der Waals surface area contributed by atoms with E-state index in [2.05, 4.69) is 32.9 Å². The van der Waals surface area contributed by atoms with Crippen LogP contribution in [0.5, 0.6) is 0 Å². The maximum Gasteiger partial charge on any atom is 0.234 e. The van der Waals surface area contributed by atoms with Crippen molar-refractivity contribution in [3.63, 3.8) is 0 Å². The molecule has 0 unspecified atom stereocenters. The highest BCUT2D eigenvalue weighted by molar-refractivity contribution is 5.78. The van der Waals surface area contributed by atoms with Gasteiger partial charge in [0.25, 0.3) is 0 Å². The number of nitrogens with one attached hydrogen (secondary N) is 2. The smallest absolute Gasteiger partial charge is 0.234 e. The summed E-state index contributed by atoms with van der Waals surface area (Å²) >= 11 is 0. The van der Waals surface area contributed by atoms with Crippen molar-refractivity contribution in [3.05, 3.63) is 0 Å². The number of nitrogens with zero attached hydrogens (tertiary/aromatic N) is 2. The molecular formula is C11H26N4O4. The number of unbranched alkanes of at least 4 members (excludes halogenated alkanes) is 1. The number of amides is 1. The SMILES string of the molecule is CC(C)NC(=O)CNCCO.CCCCN=NOO. The van der Waals surface area contributed by atoms with Crippen LogP contribution < -0.4 is 10.6 Å². The van der Waals surface area contributed by atoms with Gasteiger partial charge in [0.1, 0.15) is 0 Å². The first kappa shape index (κ1) is 20.1. The maximum atomic E-state index is 10.9. The zero-order valence-electron chi connectivity index (χ0n) is 11.9. The molecule has 0 rings (SSSR count). The van der Waals surface area contributed by atoms with E-state index in [1.807, 2.05) is 13.8 Å². The van der Waals surface area contributed by atoms with Crippen LogP contribution in [0.25, 0.3) is 0 Å². The summed E-state index contributed by atoms with van der Waals surface area (Å²) in [6.07, 6.45) is 2.05. The fraction of sp³-hybridized carbons (Fsp3) is 0.909. The van der Waals surface area contributed by atoms with Crippen LogP contribution in [-0.2, 0) is 9.78 Å². The van der Waals surface area contributed by atoms with Crippen molar-refractivity contribution in [3.8, 4) is 0 Å². The topological polar surface area (TPSA) is 116 Å². The molecule has 0 fully saturated rings. The molecule has 0 aliphatic rings. The van der Waals surface area contributed by atoms with E-state index >= 15 is 0 Å². The van der Waals surface area contributed by atoms with Crippen LogP contribution in [0.1, 0.15) is 33.6 Å². The van der Waals surface area contributed by atoms with Gasteiger partial charge in [-0.25, -0.2) is 4.99 Å². The highest BCUT2D eigenvalue weighted by Crippen LogP contribution is 1.86. The molecule has 0 bridgehead atoms. The van der Waals surface area contributed by atoms with Crippen molar-refractivity contribution in [2.45, 2.75) is 39.7 Å². The molecule has 4 N–H and O–H groups in total. The summed E-state index contributed by atoms with van der Waals surface area (Å²) in [7, 11) is 0. The number of hydrogen-bond donors (Lipinski definition) is 4. The minimum absolute atomic E-state index is 0.0338. The average Bonchev–Trinajstić information content (AvgIpc) is 2.35. The number of rotatable bonds is 9. The second kappa shape index (κ2) is 16.8. The number of aliphatic hydroxyl groups excluding tert-OH is 1. The van der Waals surface area contributed by atoms with E-state index in [0.717, 1.165) is 12.8 Å². The van der Waals surface area contributed by atoms with E-state index in [4.69, 9.17) is 10.4 Å². The molecule has 114 valence electrons. The Morgan fingerprint density at radius 2 is 2.11 bits per heavy atom. The highest BCUT2D eigenvalue weighted by Gasteiger charge is 2.00. The number of hydrogen-bond acceptors (Lipinski definition) is 7. The predicted octanol–water partition coefficient (Wildman–Crippen LogP) is 0.736. The molecule has 0 radical (unpaired) electrons. The summed E-state index contributed by atoms with van der Waals surface area (Å²) in [4.78, 5) is 14.2. The summed E-state index contributed by atoms with van der Waals surface area (Å²) in [6, 6.07) is 0.179. The molecule has 0 saturated heterocycles. The highest BCUT2D eigenvalue weighted by atomic mass is 17.2. The Hall–Kier alpha value is -1.25. The predicted molar refractivity (Wildman–Crippen MR) is 71.6 cm³/mol. The Morgan fingerprint density at radius 3 is 2.58 bits per heavy atom. The van der Waals surface area contributed by atoms with Gasteiger partial charge in [-0.05, 0) is 20.3 Å². The van der Waals surface area contributed by atoms with Crippen molar-refractivity contribution in [1.82, 2.24) is 10.6 Å². The average molecular weight is 278 g/mol. The zero-order valence-corrected chi connectivity index (χ0v) is 11.9. The second-order valence-corrected chi connectivity index (χ2v) is 4.00. The number of carbonyl (C=O) groups is 1. The fourth-order valence-electron chi connectivity index (χ4n) is 0.949. The molecule has 0 spiro atoms. The van der Waals surface area contributed by atoms with Gasteiger partial charge in [0.2, 0.25) is 5.91 Å². The standard InChI is InChI=1S/C7H16N2O2.C4H10N2O2/c1-6(2)9-7(11)5-8-3-4-10;1-2-3-4-5-6-8-7/h6,8,10H,3-5H2,1-2H3,(H,9,11);7H,2-4H2,1H3. The molecule has 0 atom stereocenters. The third-order valence-electron chi connectivity index (χ3n) is 1.73. The summed E-state index contributed by atoms with van der Waals surface area (Å²) in [5.41, 5.74) is 0. The molecule has 8 heteroatoms. The molecule has 0 aliphatic heterocycles. The minimum atomic E-state index is -0.0338. The second-order valence-electron chi connectivity index (χ2n) is 4.00. The van der Waals surface area contributed by atoms with E-state index in [-0.39, 0.29) is 25.1 Å². The van der Waals surface area contributed by atoms with Gasteiger partial charge in [0, 0.05) is 12.6 Å². The Balaban J connectivity index is 0. The summed E-state index contributed by atoms with van der Waals surface area (Å²) in [5.74, 6) is -0.0338. The molecule has 0 aromatic rings. The Morgan fingerprint density at radius 1 is 1.42 bits per heavy atom. The third kappa shape index (κ3) is 22.4. The quantitative estimate of drug-likeness (QED) is 0.215. The van der Waals surface area contributed by atoms with Gasteiger partial charge in [0.15, 0.2) is 0 Å². The van der Waals surface area contributed by atoms with Crippen molar-refractivity contribution in [2.24, 2.45) is 10.4 Å². The zero-order chi connectivity index (χ0) is 14.9. The van der Waals surface area contributed by atoms with Gasteiger partial charge in [-0.1, -0.05) is 13.3 Å². The Kier molecular flexibility index (Phi) is 17.7. The molecule has 1 amide bonds. The largest absolute Gasteiger partial charge is 0.395 e. The van der Waals surface area contributed by atoms with Crippen molar-refractivity contribution < 1.29 is 20.1 Å². The summed E-state index contributed by atoms with van der Waals surface area (Å²) in [6.45, 7) is 7.29. The van der Waals surface area contributed by atoms with Crippen molar-refractivity contribution >= 4 is 5.91 Å². The first-order valence-corrected chi connectivity index (χ1v) is 6.36. The van der Waals surface area contributed by atoms with Crippen LogP contribution in [-0.4, -0.2) is 48.6 Å². The lowest BCUT2D eigenvalue weighted by Gasteiger charge is -2.07. The van der Waals surface area contributed by atoms with Crippen LogP contribution in [0.3, 0.4) is 0 Å². The van der Waals surface area contributed by atoms with Gasteiger partial charge in [-0.15, -0.1) is 0 Å². The third-order valence-corrected chi connectivity index (χ3v) is 1.73. The summed E-state index contributed by atoms with van der Waals surface area (Å²) < 4.78 is 0. The van der Waals surface area contributed by atoms with Crippen molar-refractivity contribution in [2.75, 3.05) is 26.2 Å². The molecule has 8 nitrogen and oxygen atoms in total. The van der Waals surface area contributed by atoms with Gasteiger partial charge < -0.3 is 15.7 Å². The van der Waals surface area contributed by atoms with Gasteiger partial charge >= 0.3 is 0 Å². The molecular weight excluding hydrogens is 252 g/mol. The van der Waals surface area contributed by atoms with Crippen LogP contribution in [0, 0.1) is 0 Å². The van der Waals surface area contributed by atoms with Crippen LogP contribution in [0.2, 0.25) is 0 Å². The van der Waals surface area contributed by atoms with E-state index in [0.29, 0.717) is 13.1 Å². The normalized spacial score (nSPS) is 10.2. The molecule has 0 aromatic heterocycles. The lowest BCUT2D eigenvalue weighted by Crippen LogP contribution is -2.38. The lowest BCUT2D eigenvalue weighted by atomic mass is 10.3. The summed E-state index contributed by atoms with van der Waals surface area (Å²) in [5, 5.41) is 27.8. The van der Waals surface area contributed by atoms with Gasteiger partial charge in [-0.3, -0.25) is 4.79 Å². The molecule has 0 aliphatic carbocycles. The molecule has 0 heterocycles. The van der Waals surface area contributed by atoms with E-state index < -0.39 is 0 Å². The van der Waals surface area contributed by atoms with E-state index in [9.17, 15) is 4.79 Å². The van der Waals surface area contributed by atoms with E-state index in [1.54, 1.807) is 0 Å². The van der Waals surface area contributed by atoms with Crippen molar-refractivity contribution in [1.29, 1.82) is 0 Å². The number of carbonyl (C=O) groups excluding carboxylic acids is 1. The monoisotopic (exact) mass is 278 g/mol. The van der Waals surface area contributed by atoms with Crippen LogP contribution in [0.4, 0.5) is 0 Å². The Labute approximate surface area is 114 Å². The van der Waals surface area contributed by atoms with Crippen LogP contribution in [0.15, 0.2) is 10.4 Å². The first-order valence-electron chi connectivity index (χ1n) is 6.36. The first-order chi connectivity index (χ1) is 9.08. The fourth-order valence-corrected chi connectivity index (χ4v) is 0.949. The minimum Gasteiger partial charge on any atom is -0.395 e. The maximum absolute atomic E-state index is 10.9. The number of aliphatic hydroxyl groups is 1. The van der Waals surface area contributed by atoms with Gasteiger partial charge in [-0.2, -0.15) is 10.4 Å². The van der Waals surface area contributed by atoms with Crippen LogP contribution >= 0.6 is 0 Å². The lowest BCUT2D eigenvalue weighted by molar-refractivity contribution is -0.251.